The van der Waals surface area contributed by atoms with Gasteiger partial charge in [0.15, 0.2) is 5.65 Å². The zero-order valence-electron chi connectivity index (χ0n) is 20.7. The molecule has 5 heterocycles. The van der Waals surface area contributed by atoms with E-state index in [2.05, 4.69) is 31.2 Å². The van der Waals surface area contributed by atoms with E-state index < -0.39 is 0 Å². The number of morpholine rings is 1. The highest BCUT2D eigenvalue weighted by molar-refractivity contribution is 5.86. The minimum absolute atomic E-state index is 0.0736. The normalized spacial score (nSPS) is 20.0. The number of nitrogens with two attached hydrogens (primary N) is 1. The maximum absolute atomic E-state index is 11.8. The number of hydrogen-bond acceptors (Lipinski definition) is 7. The molecular formula is C27H33N7O2. The van der Waals surface area contributed by atoms with E-state index >= 15 is 0 Å². The Balaban J connectivity index is 1.42. The Morgan fingerprint density at radius 1 is 1.06 bits per heavy atom. The molecule has 0 unspecified atom stereocenters. The Hall–Kier alpha value is -3.19. The number of piperidine rings is 1. The number of nitriles is 1. The van der Waals surface area contributed by atoms with E-state index in [0.29, 0.717) is 5.56 Å². The van der Waals surface area contributed by atoms with E-state index in [1.807, 2.05) is 18.2 Å². The number of rotatable bonds is 5. The highest BCUT2D eigenvalue weighted by atomic mass is 16.5. The Morgan fingerprint density at radius 3 is 2.56 bits per heavy atom. The maximum atomic E-state index is 11.8. The molecule has 2 fully saturated rings. The monoisotopic (exact) mass is 487 g/mol. The molecule has 2 N–H and O–H groups in total. The molecule has 1 aromatic carbocycles. The quantitative estimate of drug-likeness (QED) is 0.585. The largest absolute Gasteiger partial charge is 0.379 e. The number of anilines is 1. The molecule has 3 aliphatic rings. The summed E-state index contributed by atoms with van der Waals surface area (Å²) in [6.45, 7) is 8.90. The third-order valence-electron chi connectivity index (χ3n) is 8.14. The van der Waals surface area contributed by atoms with Crippen LogP contribution in [0.25, 0.3) is 16.7 Å². The van der Waals surface area contributed by atoms with Gasteiger partial charge in [0.05, 0.1) is 29.8 Å². The lowest BCUT2D eigenvalue weighted by Crippen LogP contribution is -2.44. The average Bonchev–Trinajstić information content (AvgIpc) is 3.30. The van der Waals surface area contributed by atoms with Crippen LogP contribution in [0.4, 0.5) is 5.82 Å². The van der Waals surface area contributed by atoms with Gasteiger partial charge in [0.1, 0.15) is 11.9 Å². The van der Waals surface area contributed by atoms with Crippen LogP contribution in [0, 0.1) is 17.2 Å². The highest BCUT2D eigenvalue weighted by Gasteiger charge is 2.32. The summed E-state index contributed by atoms with van der Waals surface area (Å²) < 4.78 is 7.71. The second kappa shape index (κ2) is 9.69. The van der Waals surface area contributed by atoms with Gasteiger partial charge in [-0.15, -0.1) is 0 Å². The molecule has 2 saturated heterocycles. The van der Waals surface area contributed by atoms with Crippen molar-refractivity contribution in [2.24, 2.45) is 11.7 Å². The predicted molar refractivity (Wildman–Crippen MR) is 138 cm³/mol. The number of imidazole rings is 1. The Labute approximate surface area is 211 Å². The number of ether oxygens (including phenoxy) is 1. The zero-order valence-corrected chi connectivity index (χ0v) is 20.7. The first-order chi connectivity index (χ1) is 17.6. The van der Waals surface area contributed by atoms with Crippen molar-refractivity contribution in [1.82, 2.24) is 19.2 Å². The summed E-state index contributed by atoms with van der Waals surface area (Å²) in [5, 5.41) is 10.3. The molecule has 3 aliphatic heterocycles. The number of primary amides is 1. The first kappa shape index (κ1) is 23.2. The van der Waals surface area contributed by atoms with Crippen LogP contribution in [0.5, 0.6) is 0 Å². The molecule has 0 aliphatic carbocycles. The van der Waals surface area contributed by atoms with E-state index in [1.165, 1.54) is 5.56 Å². The summed E-state index contributed by atoms with van der Waals surface area (Å²) >= 11 is 0. The molecule has 0 spiro atoms. The van der Waals surface area contributed by atoms with Crippen LogP contribution in [0.3, 0.4) is 0 Å². The molecule has 9 nitrogen and oxygen atoms in total. The van der Waals surface area contributed by atoms with E-state index in [9.17, 15) is 10.1 Å². The van der Waals surface area contributed by atoms with Crippen molar-refractivity contribution in [2.75, 3.05) is 63.9 Å². The number of aromatic nitrogens is 2. The van der Waals surface area contributed by atoms with Gasteiger partial charge in [-0.2, -0.15) is 5.26 Å². The Kier molecular flexibility index (Phi) is 6.25. The standard InChI is InChI=1S/C27H33N7O2/c28-17-21-20-7-8-32(12-11-31-13-15-36-16-14-31)18-22(20)27(33-9-5-19(6-10-33)25(29)35)34-24-4-2-1-3-23(24)30-26(21)34/h1-4,19H,5-16,18H2,(H2,29,35). The van der Waals surface area contributed by atoms with Gasteiger partial charge in [0.25, 0.3) is 0 Å². The summed E-state index contributed by atoms with van der Waals surface area (Å²) in [5.41, 5.74) is 11.4. The third-order valence-corrected chi connectivity index (χ3v) is 8.14. The van der Waals surface area contributed by atoms with Crippen LogP contribution in [0.1, 0.15) is 29.5 Å². The summed E-state index contributed by atoms with van der Waals surface area (Å²) in [7, 11) is 0. The van der Waals surface area contributed by atoms with Crippen LogP contribution in [-0.4, -0.2) is 84.1 Å². The van der Waals surface area contributed by atoms with Crippen molar-refractivity contribution in [3.8, 4) is 6.07 Å². The van der Waals surface area contributed by atoms with E-state index in [1.54, 1.807) is 0 Å². The van der Waals surface area contributed by atoms with Crippen LogP contribution in [0.2, 0.25) is 0 Å². The van der Waals surface area contributed by atoms with Gasteiger partial charge in [0.2, 0.25) is 5.91 Å². The smallest absolute Gasteiger partial charge is 0.220 e. The number of benzene rings is 1. The minimum atomic E-state index is -0.205. The molecule has 0 saturated carbocycles. The fourth-order valence-corrected chi connectivity index (χ4v) is 6.10. The summed E-state index contributed by atoms with van der Waals surface area (Å²) in [5.74, 6) is 0.853. The number of carbonyl (C=O) groups excluding carboxylic acids is 1. The lowest BCUT2D eigenvalue weighted by Gasteiger charge is -2.38. The topological polar surface area (TPSA) is 103 Å². The van der Waals surface area contributed by atoms with Gasteiger partial charge in [-0.25, -0.2) is 4.98 Å². The Morgan fingerprint density at radius 2 is 1.81 bits per heavy atom. The van der Waals surface area contributed by atoms with Crippen molar-refractivity contribution < 1.29 is 9.53 Å². The highest BCUT2D eigenvalue weighted by Crippen LogP contribution is 2.38. The van der Waals surface area contributed by atoms with Gasteiger partial charge in [0, 0.05) is 63.8 Å². The molecule has 0 atom stereocenters. The average molecular weight is 488 g/mol. The van der Waals surface area contributed by atoms with Crippen molar-refractivity contribution in [2.45, 2.75) is 25.8 Å². The minimum Gasteiger partial charge on any atom is -0.379 e. The van der Waals surface area contributed by atoms with Gasteiger partial charge in [-0.05, 0) is 37.0 Å². The van der Waals surface area contributed by atoms with E-state index in [-0.39, 0.29) is 11.8 Å². The van der Waals surface area contributed by atoms with Crippen molar-refractivity contribution >= 4 is 28.4 Å². The number of hydrogen-bond donors (Lipinski definition) is 1. The molecule has 3 aromatic rings. The van der Waals surface area contributed by atoms with Crippen molar-refractivity contribution in [3.63, 3.8) is 0 Å². The number of para-hydroxylation sites is 2. The van der Waals surface area contributed by atoms with Crippen LogP contribution < -0.4 is 10.6 Å². The number of carbonyl (C=O) groups is 1. The summed E-state index contributed by atoms with van der Waals surface area (Å²) in [6, 6.07) is 10.6. The van der Waals surface area contributed by atoms with Crippen molar-refractivity contribution in [1.29, 1.82) is 5.26 Å². The van der Waals surface area contributed by atoms with Crippen molar-refractivity contribution in [3.05, 3.63) is 41.0 Å². The second-order valence-electron chi connectivity index (χ2n) is 10.2. The van der Waals surface area contributed by atoms with Crippen LogP contribution >= 0.6 is 0 Å². The number of nitrogens with zero attached hydrogens (tertiary/aromatic N) is 6. The van der Waals surface area contributed by atoms with Gasteiger partial charge < -0.3 is 15.4 Å². The fraction of sp³-hybridized carbons (Fsp3) is 0.519. The van der Waals surface area contributed by atoms with E-state index in [0.717, 1.165) is 113 Å². The molecular weight excluding hydrogens is 454 g/mol. The summed E-state index contributed by atoms with van der Waals surface area (Å²) in [4.78, 5) is 24.1. The molecule has 6 rings (SSSR count). The molecule has 188 valence electrons. The maximum Gasteiger partial charge on any atom is 0.220 e. The molecule has 36 heavy (non-hydrogen) atoms. The first-order valence-corrected chi connectivity index (χ1v) is 13.1. The second-order valence-corrected chi connectivity index (χ2v) is 10.2. The molecule has 0 radical (unpaired) electrons. The summed E-state index contributed by atoms with van der Waals surface area (Å²) in [6.07, 6.45) is 2.34. The number of fused-ring (bicyclic) bond motifs is 4. The Bertz CT molecular complexity index is 1330. The van der Waals surface area contributed by atoms with Crippen LogP contribution in [0.15, 0.2) is 24.3 Å². The molecule has 9 heteroatoms. The number of pyridine rings is 1. The SMILES string of the molecule is N#Cc1c2c(c(N3CCC(C(N)=O)CC3)n3c1nc1ccccc13)CN(CCN1CCOCC1)CC2. The van der Waals surface area contributed by atoms with Gasteiger partial charge in [-0.1, -0.05) is 12.1 Å². The fourth-order valence-electron chi connectivity index (χ4n) is 6.10. The predicted octanol–water partition coefficient (Wildman–Crippen LogP) is 1.75. The number of amides is 1. The molecule has 1 amide bonds. The third kappa shape index (κ3) is 4.09. The molecule has 0 bridgehead atoms. The first-order valence-electron chi connectivity index (χ1n) is 13.1. The zero-order chi connectivity index (χ0) is 24.6. The van der Waals surface area contributed by atoms with E-state index in [4.69, 9.17) is 15.5 Å². The van der Waals surface area contributed by atoms with Gasteiger partial charge in [-0.3, -0.25) is 19.0 Å². The lowest BCUT2D eigenvalue weighted by molar-refractivity contribution is -0.122. The molecule has 2 aromatic heterocycles. The lowest BCUT2D eigenvalue weighted by atomic mass is 9.93. The van der Waals surface area contributed by atoms with Gasteiger partial charge >= 0.3 is 0 Å². The van der Waals surface area contributed by atoms with Crippen LogP contribution in [-0.2, 0) is 22.5 Å².